The lowest BCUT2D eigenvalue weighted by Gasteiger charge is -2.40. The van der Waals surface area contributed by atoms with Crippen LogP contribution in [0.5, 0.6) is 0 Å². The maximum absolute atomic E-state index is 12.3. The third-order valence-electron chi connectivity index (χ3n) is 4.06. The number of rotatable bonds is 2. The molecule has 3 heteroatoms. The van der Waals surface area contributed by atoms with Crippen LogP contribution in [-0.4, -0.2) is 36.0 Å². The van der Waals surface area contributed by atoms with Crippen LogP contribution >= 0.6 is 0 Å². The highest BCUT2D eigenvalue weighted by atomic mass is 16.2. The summed E-state index contributed by atoms with van der Waals surface area (Å²) in [6, 6.07) is 0.718. The van der Waals surface area contributed by atoms with E-state index in [-0.39, 0.29) is 0 Å². The molecular weight excluding hydrogens is 200 g/mol. The molecule has 2 aliphatic rings. The van der Waals surface area contributed by atoms with Crippen molar-refractivity contribution in [1.82, 2.24) is 10.2 Å². The van der Waals surface area contributed by atoms with Gasteiger partial charge in [-0.05, 0) is 32.6 Å². The molecule has 92 valence electrons. The molecule has 3 nitrogen and oxygen atoms in total. The molecule has 2 rings (SSSR count). The first-order chi connectivity index (χ1) is 7.68. The first-order valence-corrected chi connectivity index (χ1v) is 6.70. The molecule has 1 N–H and O–H groups in total. The Bertz CT molecular complexity index is 238. The minimum absolute atomic E-state index is 0.359. The lowest BCUT2D eigenvalue weighted by Crippen LogP contribution is -2.57. The molecule has 0 radical (unpaired) electrons. The summed E-state index contributed by atoms with van der Waals surface area (Å²) in [4.78, 5) is 14.4. The van der Waals surface area contributed by atoms with E-state index in [9.17, 15) is 4.79 Å². The Morgan fingerprint density at radius 3 is 2.31 bits per heavy atom. The molecule has 1 saturated heterocycles. The zero-order chi connectivity index (χ0) is 11.5. The summed E-state index contributed by atoms with van der Waals surface area (Å²) in [7, 11) is 0. The fourth-order valence-corrected chi connectivity index (χ4v) is 3.19. The number of hydrogen-bond acceptors (Lipinski definition) is 2. The third kappa shape index (κ3) is 2.57. The number of nitrogens with zero attached hydrogens (tertiary/aromatic N) is 1. The molecule has 1 saturated carbocycles. The summed E-state index contributed by atoms with van der Waals surface area (Å²) < 4.78 is 0. The van der Waals surface area contributed by atoms with Crippen molar-refractivity contribution in [2.45, 2.75) is 58.0 Å². The van der Waals surface area contributed by atoms with Crippen molar-refractivity contribution in [3.63, 3.8) is 0 Å². The van der Waals surface area contributed by atoms with E-state index >= 15 is 0 Å². The molecule has 0 spiro atoms. The Morgan fingerprint density at radius 2 is 1.75 bits per heavy atom. The summed E-state index contributed by atoms with van der Waals surface area (Å²) in [5.74, 6) is 1.05. The number of carbonyl (C=O) groups is 1. The fraction of sp³-hybridized carbons (Fsp3) is 0.923. The maximum Gasteiger partial charge on any atom is 0.223 e. The predicted molar refractivity (Wildman–Crippen MR) is 65.2 cm³/mol. The van der Waals surface area contributed by atoms with E-state index in [1.165, 1.54) is 25.7 Å². The van der Waals surface area contributed by atoms with Crippen molar-refractivity contribution < 1.29 is 4.79 Å². The molecule has 0 aromatic rings. The van der Waals surface area contributed by atoms with Crippen LogP contribution in [0.4, 0.5) is 0 Å². The van der Waals surface area contributed by atoms with Crippen LogP contribution in [0.1, 0.15) is 46.0 Å². The Labute approximate surface area is 98.6 Å². The van der Waals surface area contributed by atoms with Gasteiger partial charge in [-0.3, -0.25) is 4.79 Å². The highest BCUT2D eigenvalue weighted by Gasteiger charge is 2.30. The molecule has 2 unspecified atom stereocenters. The van der Waals surface area contributed by atoms with Crippen LogP contribution in [0.15, 0.2) is 0 Å². The monoisotopic (exact) mass is 224 g/mol. The van der Waals surface area contributed by atoms with Gasteiger partial charge < -0.3 is 10.2 Å². The lowest BCUT2D eigenvalue weighted by atomic mass is 10.0. The molecule has 1 amide bonds. The van der Waals surface area contributed by atoms with Gasteiger partial charge in [-0.15, -0.1) is 0 Å². The molecule has 16 heavy (non-hydrogen) atoms. The summed E-state index contributed by atoms with van der Waals surface area (Å²) >= 11 is 0. The van der Waals surface area contributed by atoms with E-state index in [1.807, 2.05) is 0 Å². The first-order valence-electron chi connectivity index (χ1n) is 6.70. The number of carbonyl (C=O) groups excluding carboxylic acids is 1. The van der Waals surface area contributed by atoms with Crippen LogP contribution in [0.3, 0.4) is 0 Å². The van der Waals surface area contributed by atoms with Crippen LogP contribution in [0, 0.1) is 5.92 Å². The van der Waals surface area contributed by atoms with Gasteiger partial charge in [-0.2, -0.15) is 0 Å². The van der Waals surface area contributed by atoms with Gasteiger partial charge in [0.2, 0.25) is 5.91 Å². The van der Waals surface area contributed by atoms with Gasteiger partial charge in [-0.1, -0.05) is 12.8 Å². The van der Waals surface area contributed by atoms with Gasteiger partial charge >= 0.3 is 0 Å². The molecule has 1 aliphatic carbocycles. The average molecular weight is 224 g/mol. The average Bonchev–Trinajstić information content (AvgIpc) is 2.70. The molecule has 1 heterocycles. The molecular formula is C13H24N2O. The largest absolute Gasteiger partial charge is 0.335 e. The van der Waals surface area contributed by atoms with Crippen molar-refractivity contribution in [2.75, 3.05) is 13.1 Å². The van der Waals surface area contributed by atoms with Crippen molar-refractivity contribution >= 4 is 5.91 Å². The number of piperazine rings is 1. The van der Waals surface area contributed by atoms with Gasteiger partial charge in [0.05, 0.1) is 0 Å². The summed E-state index contributed by atoms with van der Waals surface area (Å²) in [6.07, 6.45) is 5.96. The van der Waals surface area contributed by atoms with Gasteiger partial charge in [0, 0.05) is 31.6 Å². The molecule has 2 fully saturated rings. The smallest absolute Gasteiger partial charge is 0.223 e. The normalized spacial score (nSPS) is 32.0. The summed E-state index contributed by atoms with van der Waals surface area (Å²) in [5, 5.41) is 3.37. The van der Waals surface area contributed by atoms with E-state index in [4.69, 9.17) is 0 Å². The minimum Gasteiger partial charge on any atom is -0.335 e. The highest BCUT2D eigenvalue weighted by molar-refractivity contribution is 5.77. The quantitative estimate of drug-likeness (QED) is 0.775. The Hall–Kier alpha value is -0.570. The SMILES string of the molecule is CC1CNCC(C)N1C(=O)CC1CCCC1. The number of hydrogen-bond donors (Lipinski definition) is 1. The Balaban J connectivity index is 1.90. The minimum atomic E-state index is 0.359. The second-order valence-electron chi connectivity index (χ2n) is 5.51. The van der Waals surface area contributed by atoms with Crippen molar-refractivity contribution in [3.8, 4) is 0 Å². The Kier molecular flexibility index (Phi) is 3.85. The van der Waals surface area contributed by atoms with Gasteiger partial charge in [-0.25, -0.2) is 0 Å². The topological polar surface area (TPSA) is 32.3 Å². The number of amides is 1. The van der Waals surface area contributed by atoms with Gasteiger partial charge in [0.25, 0.3) is 0 Å². The first kappa shape index (κ1) is 11.9. The van der Waals surface area contributed by atoms with Crippen LogP contribution < -0.4 is 5.32 Å². The van der Waals surface area contributed by atoms with E-state index in [0.29, 0.717) is 23.9 Å². The van der Waals surface area contributed by atoms with Crippen molar-refractivity contribution in [3.05, 3.63) is 0 Å². The van der Waals surface area contributed by atoms with Crippen LogP contribution in [-0.2, 0) is 4.79 Å². The molecule has 0 aromatic carbocycles. The van der Waals surface area contributed by atoms with E-state index < -0.39 is 0 Å². The van der Waals surface area contributed by atoms with E-state index in [2.05, 4.69) is 24.1 Å². The van der Waals surface area contributed by atoms with Crippen LogP contribution in [0.2, 0.25) is 0 Å². The highest BCUT2D eigenvalue weighted by Crippen LogP contribution is 2.28. The van der Waals surface area contributed by atoms with E-state index in [0.717, 1.165) is 19.5 Å². The van der Waals surface area contributed by atoms with Gasteiger partial charge in [0.1, 0.15) is 0 Å². The van der Waals surface area contributed by atoms with Crippen molar-refractivity contribution in [1.29, 1.82) is 0 Å². The third-order valence-corrected chi connectivity index (χ3v) is 4.06. The molecule has 0 bridgehead atoms. The number of nitrogens with one attached hydrogen (secondary N) is 1. The second kappa shape index (κ2) is 5.17. The van der Waals surface area contributed by atoms with E-state index in [1.54, 1.807) is 0 Å². The standard InChI is InChI=1S/C13H24N2O/c1-10-8-14-9-11(2)15(10)13(16)7-12-5-3-4-6-12/h10-12,14H,3-9H2,1-2H3. The summed E-state index contributed by atoms with van der Waals surface area (Å²) in [5.41, 5.74) is 0. The van der Waals surface area contributed by atoms with Crippen LogP contribution in [0.25, 0.3) is 0 Å². The lowest BCUT2D eigenvalue weighted by molar-refractivity contribution is -0.137. The Morgan fingerprint density at radius 1 is 1.19 bits per heavy atom. The molecule has 0 aromatic heterocycles. The second-order valence-corrected chi connectivity index (χ2v) is 5.51. The predicted octanol–water partition coefficient (Wildman–Crippen LogP) is 1.78. The fourth-order valence-electron chi connectivity index (χ4n) is 3.19. The molecule has 2 atom stereocenters. The zero-order valence-electron chi connectivity index (χ0n) is 10.5. The maximum atomic E-state index is 12.3. The summed E-state index contributed by atoms with van der Waals surface area (Å²) in [6.45, 7) is 6.19. The van der Waals surface area contributed by atoms with Gasteiger partial charge in [0.15, 0.2) is 0 Å². The van der Waals surface area contributed by atoms with Crippen molar-refractivity contribution in [2.24, 2.45) is 5.92 Å². The zero-order valence-corrected chi connectivity index (χ0v) is 10.5. The molecule has 1 aliphatic heterocycles.